The van der Waals surface area contributed by atoms with Crippen LogP contribution < -0.4 is 0 Å². The van der Waals surface area contributed by atoms with Crippen LogP contribution in [0.5, 0.6) is 0 Å². The second-order valence-corrected chi connectivity index (χ2v) is 11.5. The van der Waals surface area contributed by atoms with Gasteiger partial charge in [-0.25, -0.2) is 0 Å². The summed E-state index contributed by atoms with van der Waals surface area (Å²) in [6, 6.07) is 14.2. The van der Waals surface area contributed by atoms with Gasteiger partial charge >= 0.3 is 0 Å². The minimum atomic E-state index is -0.240. The van der Waals surface area contributed by atoms with Gasteiger partial charge in [-0.05, 0) is 73.3 Å². The van der Waals surface area contributed by atoms with Gasteiger partial charge in [-0.3, -0.25) is 9.59 Å². The highest BCUT2D eigenvalue weighted by Crippen LogP contribution is 2.60. The Morgan fingerprint density at radius 3 is 2.18 bits per heavy atom. The maximum atomic E-state index is 13.9. The van der Waals surface area contributed by atoms with E-state index in [0.29, 0.717) is 37.4 Å². The van der Waals surface area contributed by atoms with Gasteiger partial charge in [0.05, 0.1) is 12.0 Å². The van der Waals surface area contributed by atoms with Crippen LogP contribution in [0, 0.1) is 23.2 Å². The number of nitrogens with zero attached hydrogens (tertiary/aromatic N) is 2. The Kier molecular flexibility index (Phi) is 6.42. The number of carbonyl (C=O) groups excluding carboxylic acids is 2. The van der Waals surface area contributed by atoms with E-state index < -0.39 is 0 Å². The average molecular weight is 463 g/mol. The number of carbonyl (C=O) groups is 2. The smallest absolute Gasteiger partial charge is 0.242 e. The van der Waals surface area contributed by atoms with Crippen molar-refractivity contribution in [1.29, 1.82) is 0 Å². The van der Waals surface area contributed by atoms with Crippen molar-refractivity contribution in [2.24, 2.45) is 23.2 Å². The first kappa shape index (κ1) is 22.4. The number of hydrogen-bond donors (Lipinski definition) is 0. The Bertz CT molecular complexity index is 949. The van der Waals surface area contributed by atoms with Gasteiger partial charge < -0.3 is 9.80 Å². The van der Waals surface area contributed by atoms with E-state index in [1.54, 1.807) is 22.3 Å². The molecule has 174 valence electrons. The summed E-state index contributed by atoms with van der Waals surface area (Å²) < 4.78 is 0. The van der Waals surface area contributed by atoms with E-state index in [0.717, 1.165) is 29.7 Å². The molecule has 1 aromatic heterocycles. The molecular weight excluding hydrogens is 428 g/mol. The monoisotopic (exact) mass is 462 g/mol. The molecule has 2 amide bonds. The van der Waals surface area contributed by atoms with Crippen molar-refractivity contribution in [3.05, 3.63) is 70.9 Å². The zero-order valence-corrected chi connectivity index (χ0v) is 20.1. The van der Waals surface area contributed by atoms with Crippen molar-refractivity contribution >= 4 is 23.2 Å². The van der Waals surface area contributed by atoms with E-state index in [4.69, 9.17) is 0 Å². The van der Waals surface area contributed by atoms with Gasteiger partial charge in [0, 0.05) is 18.0 Å². The number of rotatable bonds is 9. The highest BCUT2D eigenvalue weighted by molar-refractivity contribution is 7.09. The first-order valence-corrected chi connectivity index (χ1v) is 13.2. The van der Waals surface area contributed by atoms with Crippen molar-refractivity contribution in [3.63, 3.8) is 0 Å². The third-order valence-electron chi connectivity index (χ3n) is 7.95. The molecule has 4 bridgehead atoms. The molecule has 0 saturated heterocycles. The molecule has 6 rings (SSSR count). The fraction of sp³-hybridized carbons (Fsp3) is 0.500. The topological polar surface area (TPSA) is 40.6 Å². The number of hydrogen-bond acceptors (Lipinski definition) is 3. The summed E-state index contributed by atoms with van der Waals surface area (Å²) >= 11 is 1.66. The second kappa shape index (κ2) is 9.46. The van der Waals surface area contributed by atoms with Gasteiger partial charge in [0.15, 0.2) is 0 Å². The van der Waals surface area contributed by atoms with E-state index >= 15 is 0 Å². The highest BCUT2D eigenvalue weighted by atomic mass is 32.1. The molecule has 4 aliphatic rings. The van der Waals surface area contributed by atoms with Crippen molar-refractivity contribution in [2.45, 2.75) is 51.6 Å². The van der Waals surface area contributed by atoms with Crippen LogP contribution in [-0.4, -0.2) is 34.7 Å². The quantitative estimate of drug-likeness (QED) is 0.461. The average Bonchev–Trinajstić information content (AvgIpc) is 3.31. The molecule has 1 heterocycles. The van der Waals surface area contributed by atoms with Gasteiger partial charge in [0.2, 0.25) is 11.8 Å². The first-order valence-electron chi connectivity index (χ1n) is 12.3. The van der Waals surface area contributed by atoms with Crippen LogP contribution in [0.2, 0.25) is 0 Å². The van der Waals surface area contributed by atoms with Gasteiger partial charge in [0.25, 0.3) is 0 Å². The Morgan fingerprint density at radius 1 is 0.939 bits per heavy atom. The Hall–Kier alpha value is -2.40. The molecule has 4 aliphatic carbocycles. The molecule has 4 nitrogen and oxygen atoms in total. The van der Waals surface area contributed by atoms with Crippen molar-refractivity contribution in [3.8, 4) is 0 Å². The summed E-state index contributed by atoms with van der Waals surface area (Å²) in [5, 5.41) is 2.04. The summed E-state index contributed by atoms with van der Waals surface area (Å²) in [5.74, 6) is 2.32. The van der Waals surface area contributed by atoms with Gasteiger partial charge in [-0.1, -0.05) is 42.5 Å². The third kappa shape index (κ3) is 4.79. The molecule has 0 atom stereocenters. The van der Waals surface area contributed by atoms with Crippen LogP contribution >= 0.6 is 11.3 Å². The van der Waals surface area contributed by atoms with E-state index in [9.17, 15) is 9.59 Å². The van der Waals surface area contributed by atoms with E-state index in [-0.39, 0.29) is 23.8 Å². The molecule has 5 heteroatoms. The van der Waals surface area contributed by atoms with Crippen LogP contribution in [0.4, 0.5) is 0 Å². The normalized spacial score (nSPS) is 27.3. The van der Waals surface area contributed by atoms with Crippen molar-refractivity contribution in [1.82, 2.24) is 9.80 Å². The standard InChI is InChI=1S/C28H34N2O2S/c1-2-10-29(27(32)28-15-22-12-23(16-28)14-24(13-22)17-28)20-26(31)30(19-25-9-6-11-33-25)18-21-7-4-3-5-8-21/h2-9,11,22-24H,1,10,12-20H2. The fourth-order valence-electron chi connectivity index (χ4n) is 6.97. The summed E-state index contributed by atoms with van der Waals surface area (Å²) in [5.41, 5.74) is 0.862. The molecule has 0 unspecified atom stereocenters. The van der Waals surface area contributed by atoms with E-state index in [1.165, 1.54) is 19.3 Å². The first-order chi connectivity index (χ1) is 16.0. The second-order valence-electron chi connectivity index (χ2n) is 10.5. The molecule has 0 spiro atoms. The molecule has 33 heavy (non-hydrogen) atoms. The maximum Gasteiger partial charge on any atom is 0.242 e. The van der Waals surface area contributed by atoms with Crippen LogP contribution in [-0.2, 0) is 22.7 Å². The molecule has 1 aromatic carbocycles. The predicted molar refractivity (Wildman–Crippen MR) is 132 cm³/mol. The predicted octanol–water partition coefficient (Wildman–Crippen LogP) is 5.51. The number of amides is 2. The zero-order chi connectivity index (χ0) is 22.8. The van der Waals surface area contributed by atoms with Gasteiger partial charge in [-0.2, -0.15) is 0 Å². The number of thiophene rings is 1. The lowest BCUT2D eigenvalue weighted by molar-refractivity contribution is -0.159. The minimum Gasteiger partial charge on any atom is -0.332 e. The van der Waals surface area contributed by atoms with Crippen molar-refractivity contribution < 1.29 is 9.59 Å². The lowest BCUT2D eigenvalue weighted by Gasteiger charge is -2.56. The largest absolute Gasteiger partial charge is 0.332 e. The molecule has 4 fully saturated rings. The molecular formula is C28H34N2O2S. The molecule has 4 saturated carbocycles. The zero-order valence-electron chi connectivity index (χ0n) is 19.3. The van der Waals surface area contributed by atoms with Gasteiger partial charge in [-0.15, -0.1) is 17.9 Å². The van der Waals surface area contributed by atoms with E-state index in [1.807, 2.05) is 34.5 Å². The molecule has 0 N–H and O–H groups in total. The van der Waals surface area contributed by atoms with Crippen molar-refractivity contribution in [2.75, 3.05) is 13.1 Å². The lowest BCUT2D eigenvalue weighted by atomic mass is 9.49. The summed E-state index contributed by atoms with van der Waals surface area (Å²) in [6.07, 6.45) is 8.73. The van der Waals surface area contributed by atoms with Crippen LogP contribution in [0.25, 0.3) is 0 Å². The minimum absolute atomic E-state index is 0.00665. The Labute approximate surface area is 201 Å². The van der Waals surface area contributed by atoms with Crippen LogP contribution in [0.1, 0.15) is 49.0 Å². The third-order valence-corrected chi connectivity index (χ3v) is 8.81. The van der Waals surface area contributed by atoms with Crippen LogP contribution in [0.15, 0.2) is 60.5 Å². The Morgan fingerprint density at radius 2 is 1.61 bits per heavy atom. The fourth-order valence-corrected chi connectivity index (χ4v) is 7.69. The maximum absolute atomic E-state index is 13.9. The highest BCUT2D eigenvalue weighted by Gasteiger charge is 2.55. The lowest BCUT2D eigenvalue weighted by Crippen LogP contribution is -2.56. The number of benzene rings is 1. The van der Waals surface area contributed by atoms with Crippen LogP contribution in [0.3, 0.4) is 0 Å². The molecule has 0 radical (unpaired) electrons. The summed E-state index contributed by atoms with van der Waals surface area (Å²) in [7, 11) is 0. The summed E-state index contributed by atoms with van der Waals surface area (Å²) in [4.78, 5) is 32.4. The van der Waals surface area contributed by atoms with Gasteiger partial charge in [0.1, 0.15) is 6.54 Å². The SMILES string of the molecule is C=CCN(CC(=O)N(Cc1ccccc1)Cc1cccs1)C(=O)C12CC3CC(CC(C3)C1)C2. The molecule has 2 aromatic rings. The van der Waals surface area contributed by atoms with E-state index in [2.05, 4.69) is 24.8 Å². The molecule has 0 aliphatic heterocycles. The Balaban J connectivity index is 1.33. The summed E-state index contributed by atoms with van der Waals surface area (Å²) in [6.45, 7) is 5.57.